The van der Waals surface area contributed by atoms with Crippen LogP contribution in [0.15, 0.2) is 47.6 Å². The topological polar surface area (TPSA) is 100 Å². The van der Waals surface area contributed by atoms with Gasteiger partial charge in [0.05, 0.1) is 13.3 Å². The Bertz CT molecular complexity index is 824. The first-order valence-electron chi connectivity index (χ1n) is 7.73. The van der Waals surface area contributed by atoms with Crippen LogP contribution in [0.5, 0.6) is 11.5 Å². The average Bonchev–Trinajstić information content (AvgIpc) is 2.61. The van der Waals surface area contributed by atoms with Gasteiger partial charge in [0.25, 0.3) is 0 Å². The Balaban J connectivity index is 1.79. The van der Waals surface area contributed by atoms with E-state index in [1.165, 1.54) is 13.3 Å². The molecule has 8 heteroatoms. The number of nitrogens with one attached hydrogen (secondary N) is 2. The first-order valence-corrected chi connectivity index (χ1v) is 8.10. The fourth-order valence-corrected chi connectivity index (χ4v) is 2.24. The third kappa shape index (κ3) is 5.78. The van der Waals surface area contributed by atoms with Gasteiger partial charge < -0.3 is 15.2 Å². The molecule has 0 spiro atoms. The highest BCUT2D eigenvalue weighted by molar-refractivity contribution is 6.30. The van der Waals surface area contributed by atoms with Crippen molar-refractivity contribution in [3.05, 3.63) is 53.1 Å². The number of carbonyl (C=O) groups excluding carboxylic acids is 2. The van der Waals surface area contributed by atoms with Gasteiger partial charge in [-0.05, 0) is 30.3 Å². The summed E-state index contributed by atoms with van der Waals surface area (Å²) >= 11 is 5.84. The number of amides is 2. The maximum atomic E-state index is 11.8. The molecule has 0 unspecified atom stereocenters. The molecule has 0 saturated carbocycles. The van der Waals surface area contributed by atoms with Crippen molar-refractivity contribution in [2.24, 2.45) is 5.10 Å². The summed E-state index contributed by atoms with van der Waals surface area (Å²) in [5, 5.41) is 16.8. The Hall–Kier alpha value is -3.06. The molecule has 3 N–H and O–H groups in total. The molecular weight excluding hydrogens is 358 g/mol. The molecule has 0 bridgehead atoms. The van der Waals surface area contributed by atoms with Gasteiger partial charge in [0.2, 0.25) is 11.8 Å². The number of hydrazone groups is 1. The van der Waals surface area contributed by atoms with Gasteiger partial charge in [-0.2, -0.15) is 5.10 Å². The number of methoxy groups -OCH3 is 1. The van der Waals surface area contributed by atoms with Gasteiger partial charge in [-0.15, -0.1) is 0 Å². The van der Waals surface area contributed by atoms with E-state index < -0.39 is 5.91 Å². The predicted molar refractivity (Wildman–Crippen MR) is 99.7 cm³/mol. The number of aromatic hydroxyl groups is 1. The summed E-state index contributed by atoms with van der Waals surface area (Å²) < 4.78 is 4.98. The highest BCUT2D eigenvalue weighted by atomic mass is 35.5. The lowest BCUT2D eigenvalue weighted by molar-refractivity contribution is -0.124. The zero-order chi connectivity index (χ0) is 18.9. The second-order valence-corrected chi connectivity index (χ2v) is 5.69. The molecule has 0 heterocycles. The van der Waals surface area contributed by atoms with Crippen LogP contribution >= 0.6 is 11.6 Å². The van der Waals surface area contributed by atoms with Crippen LogP contribution < -0.4 is 15.5 Å². The summed E-state index contributed by atoms with van der Waals surface area (Å²) in [5.41, 5.74) is 3.26. The van der Waals surface area contributed by atoms with Crippen molar-refractivity contribution in [1.82, 2.24) is 5.43 Å². The maximum absolute atomic E-state index is 11.8. The smallest absolute Gasteiger partial charge is 0.240 e. The molecule has 26 heavy (non-hydrogen) atoms. The minimum atomic E-state index is -0.426. The molecule has 0 aromatic heterocycles. The third-order valence-corrected chi connectivity index (χ3v) is 3.57. The van der Waals surface area contributed by atoms with Gasteiger partial charge in [-0.3, -0.25) is 9.59 Å². The standard InChI is InChI=1S/C18H18ClN3O4/c1-26-15-7-2-4-12(18(15)25)11-20-22-17(24)9-8-16(23)21-14-6-3-5-13(19)10-14/h2-7,10-11,25H,8-9H2,1H3,(H,21,23)(H,22,24)/b20-11+. The van der Waals surface area contributed by atoms with E-state index in [4.69, 9.17) is 16.3 Å². The van der Waals surface area contributed by atoms with Crippen LogP contribution in [0.2, 0.25) is 5.02 Å². The van der Waals surface area contributed by atoms with Crippen molar-refractivity contribution in [1.29, 1.82) is 0 Å². The number of para-hydroxylation sites is 1. The monoisotopic (exact) mass is 375 g/mol. The molecule has 0 aliphatic carbocycles. The number of phenolic OH excluding ortho intramolecular Hbond substituents is 1. The number of hydrogen-bond acceptors (Lipinski definition) is 5. The molecule has 2 rings (SSSR count). The molecule has 0 fully saturated rings. The summed E-state index contributed by atoms with van der Waals surface area (Å²) in [6.45, 7) is 0. The Morgan fingerprint density at radius 1 is 1.19 bits per heavy atom. The molecular formula is C18H18ClN3O4. The molecule has 0 saturated heterocycles. The Morgan fingerprint density at radius 3 is 2.65 bits per heavy atom. The van der Waals surface area contributed by atoms with E-state index in [0.717, 1.165) is 0 Å². The van der Waals surface area contributed by atoms with Crippen LogP contribution in [-0.2, 0) is 9.59 Å². The van der Waals surface area contributed by atoms with Crippen molar-refractivity contribution in [3.8, 4) is 11.5 Å². The van der Waals surface area contributed by atoms with Crippen LogP contribution in [0, 0.1) is 0 Å². The number of halogens is 1. The van der Waals surface area contributed by atoms with E-state index in [9.17, 15) is 14.7 Å². The van der Waals surface area contributed by atoms with Gasteiger partial charge in [-0.1, -0.05) is 23.7 Å². The second kappa shape index (κ2) is 9.43. The number of benzene rings is 2. The summed E-state index contributed by atoms with van der Waals surface area (Å²) in [6.07, 6.45) is 1.26. The molecule has 136 valence electrons. The molecule has 2 amide bonds. The van der Waals surface area contributed by atoms with Gasteiger partial charge >= 0.3 is 0 Å². The van der Waals surface area contributed by atoms with E-state index in [-0.39, 0.29) is 24.5 Å². The molecule has 2 aromatic carbocycles. The van der Waals surface area contributed by atoms with Crippen LogP contribution in [0.4, 0.5) is 5.69 Å². The van der Waals surface area contributed by atoms with Crippen LogP contribution in [0.25, 0.3) is 0 Å². The molecule has 0 aliphatic rings. The molecule has 0 radical (unpaired) electrons. The predicted octanol–water partition coefficient (Wildman–Crippen LogP) is 2.92. The molecule has 2 aromatic rings. The molecule has 7 nitrogen and oxygen atoms in total. The zero-order valence-electron chi connectivity index (χ0n) is 14.0. The van der Waals surface area contributed by atoms with E-state index in [2.05, 4.69) is 15.8 Å². The number of hydrogen-bond donors (Lipinski definition) is 3. The van der Waals surface area contributed by atoms with E-state index in [0.29, 0.717) is 22.0 Å². The number of nitrogens with zero attached hydrogens (tertiary/aromatic N) is 1. The summed E-state index contributed by atoms with van der Waals surface area (Å²) in [6, 6.07) is 11.6. The van der Waals surface area contributed by atoms with Gasteiger partial charge in [0.15, 0.2) is 11.5 Å². The maximum Gasteiger partial charge on any atom is 0.240 e. The highest BCUT2D eigenvalue weighted by Gasteiger charge is 2.08. The lowest BCUT2D eigenvalue weighted by Crippen LogP contribution is -2.20. The lowest BCUT2D eigenvalue weighted by atomic mass is 10.2. The van der Waals surface area contributed by atoms with Gasteiger partial charge in [0, 0.05) is 29.1 Å². The van der Waals surface area contributed by atoms with E-state index >= 15 is 0 Å². The molecule has 0 aliphatic heterocycles. The van der Waals surface area contributed by atoms with Crippen molar-refractivity contribution in [2.45, 2.75) is 12.8 Å². The second-order valence-electron chi connectivity index (χ2n) is 5.25. The third-order valence-electron chi connectivity index (χ3n) is 3.33. The fraction of sp³-hybridized carbons (Fsp3) is 0.167. The number of ether oxygens (including phenoxy) is 1. The van der Waals surface area contributed by atoms with Crippen molar-refractivity contribution in [2.75, 3.05) is 12.4 Å². The van der Waals surface area contributed by atoms with E-state index in [1.807, 2.05) is 0 Å². The Labute approximate surface area is 155 Å². The van der Waals surface area contributed by atoms with E-state index in [1.54, 1.807) is 42.5 Å². The number of phenols is 1. The number of anilines is 1. The van der Waals surface area contributed by atoms with Crippen LogP contribution in [0.1, 0.15) is 18.4 Å². The first kappa shape index (κ1) is 19.3. The Kier molecular flexibility index (Phi) is 6.99. The normalized spacial score (nSPS) is 10.5. The lowest BCUT2D eigenvalue weighted by Gasteiger charge is -2.06. The summed E-state index contributed by atoms with van der Waals surface area (Å²) in [5.74, 6) is -0.506. The average molecular weight is 376 g/mol. The van der Waals surface area contributed by atoms with Crippen molar-refractivity contribution in [3.63, 3.8) is 0 Å². The largest absolute Gasteiger partial charge is 0.504 e. The van der Waals surface area contributed by atoms with Crippen LogP contribution in [-0.4, -0.2) is 30.2 Å². The SMILES string of the molecule is COc1cccc(/C=N/NC(=O)CCC(=O)Nc2cccc(Cl)c2)c1O. The number of carbonyl (C=O) groups is 2. The Morgan fingerprint density at radius 2 is 1.92 bits per heavy atom. The minimum Gasteiger partial charge on any atom is -0.504 e. The van der Waals surface area contributed by atoms with Gasteiger partial charge in [-0.25, -0.2) is 5.43 Å². The quantitative estimate of drug-likeness (QED) is 0.511. The summed E-state index contributed by atoms with van der Waals surface area (Å²) in [4.78, 5) is 23.6. The fourth-order valence-electron chi connectivity index (χ4n) is 2.05. The first-order chi connectivity index (χ1) is 12.5. The zero-order valence-corrected chi connectivity index (χ0v) is 14.8. The van der Waals surface area contributed by atoms with Crippen molar-refractivity contribution < 1.29 is 19.4 Å². The van der Waals surface area contributed by atoms with Crippen LogP contribution in [0.3, 0.4) is 0 Å². The van der Waals surface area contributed by atoms with Gasteiger partial charge in [0.1, 0.15) is 0 Å². The summed E-state index contributed by atoms with van der Waals surface area (Å²) in [7, 11) is 1.44. The molecule has 0 atom stereocenters. The highest BCUT2D eigenvalue weighted by Crippen LogP contribution is 2.27. The number of rotatable bonds is 7. The minimum absolute atomic E-state index is 0.00171. The van der Waals surface area contributed by atoms with Crippen molar-refractivity contribution >= 4 is 35.3 Å².